The van der Waals surface area contributed by atoms with Crippen molar-refractivity contribution in [1.29, 1.82) is 5.26 Å². The van der Waals surface area contributed by atoms with Crippen molar-refractivity contribution in [2.24, 2.45) is 0 Å². The van der Waals surface area contributed by atoms with E-state index in [4.69, 9.17) is 16.9 Å². The number of sulfonamides is 1. The van der Waals surface area contributed by atoms with Crippen molar-refractivity contribution < 1.29 is 17.2 Å². The summed E-state index contributed by atoms with van der Waals surface area (Å²) in [6.07, 6.45) is 0. The number of nitrogens with one attached hydrogen (secondary N) is 1. The number of hydrogen-bond acceptors (Lipinski definition) is 3. The number of rotatable bonds is 3. The van der Waals surface area contributed by atoms with Crippen LogP contribution in [0, 0.1) is 23.0 Å². The minimum atomic E-state index is -4.15. The normalized spacial score (nSPS) is 11.0. The van der Waals surface area contributed by atoms with E-state index in [2.05, 4.69) is 0 Å². The van der Waals surface area contributed by atoms with Crippen molar-refractivity contribution in [2.75, 3.05) is 4.72 Å². The molecule has 0 unspecified atom stereocenters. The van der Waals surface area contributed by atoms with Crippen LogP contribution in [0.25, 0.3) is 0 Å². The van der Waals surface area contributed by atoms with Gasteiger partial charge < -0.3 is 0 Å². The highest BCUT2D eigenvalue weighted by molar-refractivity contribution is 7.92. The molecule has 0 saturated heterocycles. The van der Waals surface area contributed by atoms with Crippen LogP contribution in [0.15, 0.2) is 41.3 Å². The summed E-state index contributed by atoms with van der Waals surface area (Å²) in [6.45, 7) is 0. The highest BCUT2D eigenvalue weighted by atomic mass is 35.5. The van der Waals surface area contributed by atoms with Crippen molar-refractivity contribution in [3.63, 3.8) is 0 Å². The Morgan fingerprint density at radius 2 is 1.86 bits per heavy atom. The predicted molar refractivity (Wildman–Crippen MR) is 73.3 cm³/mol. The second kappa shape index (κ2) is 5.68. The monoisotopic (exact) mass is 328 g/mol. The van der Waals surface area contributed by atoms with Gasteiger partial charge in [-0.2, -0.15) is 5.26 Å². The molecule has 0 atom stereocenters. The first-order valence-corrected chi connectivity index (χ1v) is 7.37. The first-order valence-electron chi connectivity index (χ1n) is 5.51. The molecule has 108 valence electrons. The minimum absolute atomic E-state index is 0.0555. The standard InChI is InChI=1S/C13H7ClF2N2O2S/c14-11-6-10(3-1-8(11)7-17)21(19,20)18-13-5-9(15)2-4-12(13)16/h1-6,18H. The van der Waals surface area contributed by atoms with Gasteiger partial charge in [0.1, 0.15) is 17.7 Å². The maximum Gasteiger partial charge on any atom is 0.262 e. The third-order valence-electron chi connectivity index (χ3n) is 2.54. The molecular weight excluding hydrogens is 322 g/mol. The average Bonchev–Trinajstić information content (AvgIpc) is 2.42. The van der Waals surface area contributed by atoms with Gasteiger partial charge in [-0.25, -0.2) is 17.2 Å². The van der Waals surface area contributed by atoms with E-state index in [-0.39, 0.29) is 15.5 Å². The molecule has 0 bridgehead atoms. The molecule has 0 aliphatic heterocycles. The van der Waals surface area contributed by atoms with Gasteiger partial charge in [0, 0.05) is 6.07 Å². The summed E-state index contributed by atoms with van der Waals surface area (Å²) in [4.78, 5) is -0.268. The fraction of sp³-hybridized carbons (Fsp3) is 0. The SMILES string of the molecule is N#Cc1ccc(S(=O)(=O)Nc2cc(F)ccc2F)cc1Cl. The molecule has 2 rings (SSSR count). The van der Waals surface area contributed by atoms with E-state index in [0.717, 1.165) is 30.3 Å². The van der Waals surface area contributed by atoms with Crippen molar-refractivity contribution in [3.05, 3.63) is 58.6 Å². The lowest BCUT2D eigenvalue weighted by molar-refractivity contribution is 0.594. The van der Waals surface area contributed by atoms with Gasteiger partial charge in [-0.1, -0.05) is 11.6 Å². The van der Waals surface area contributed by atoms with Gasteiger partial charge >= 0.3 is 0 Å². The molecule has 0 aliphatic carbocycles. The summed E-state index contributed by atoms with van der Waals surface area (Å²) < 4.78 is 52.6. The highest BCUT2D eigenvalue weighted by Gasteiger charge is 2.18. The van der Waals surface area contributed by atoms with Crippen LogP contribution in [0.5, 0.6) is 0 Å². The summed E-state index contributed by atoms with van der Waals surface area (Å²) in [7, 11) is -4.15. The molecule has 0 saturated carbocycles. The number of nitriles is 1. The summed E-state index contributed by atoms with van der Waals surface area (Å²) in [5.74, 6) is -1.70. The van der Waals surface area contributed by atoms with E-state index >= 15 is 0 Å². The number of nitrogens with zero attached hydrogens (tertiary/aromatic N) is 1. The van der Waals surface area contributed by atoms with Crippen LogP contribution in [0.1, 0.15) is 5.56 Å². The molecule has 0 heterocycles. The zero-order valence-corrected chi connectivity index (χ0v) is 11.8. The molecule has 0 fully saturated rings. The smallest absolute Gasteiger partial charge is 0.262 e. The predicted octanol–water partition coefficient (Wildman–Crippen LogP) is 3.29. The highest BCUT2D eigenvalue weighted by Crippen LogP contribution is 2.23. The molecule has 0 aliphatic rings. The third kappa shape index (κ3) is 3.29. The Kier molecular flexibility index (Phi) is 4.11. The molecule has 0 spiro atoms. The molecular formula is C13H7ClF2N2O2S. The van der Waals surface area contributed by atoms with E-state index in [0.29, 0.717) is 0 Å². The Morgan fingerprint density at radius 3 is 2.48 bits per heavy atom. The molecule has 4 nitrogen and oxygen atoms in total. The largest absolute Gasteiger partial charge is 0.277 e. The van der Waals surface area contributed by atoms with Gasteiger partial charge in [0.05, 0.1) is 21.2 Å². The van der Waals surface area contributed by atoms with Crippen molar-refractivity contribution in [3.8, 4) is 6.07 Å². The Balaban J connectivity index is 2.41. The number of benzene rings is 2. The van der Waals surface area contributed by atoms with Gasteiger partial charge in [0.2, 0.25) is 0 Å². The average molecular weight is 329 g/mol. The van der Waals surface area contributed by atoms with Gasteiger partial charge in [-0.15, -0.1) is 0 Å². The van der Waals surface area contributed by atoms with Crippen LogP contribution >= 0.6 is 11.6 Å². The number of halogens is 3. The zero-order chi connectivity index (χ0) is 15.6. The van der Waals surface area contributed by atoms with Crippen molar-refractivity contribution in [1.82, 2.24) is 0 Å². The van der Waals surface area contributed by atoms with E-state index in [9.17, 15) is 17.2 Å². The molecule has 2 aromatic carbocycles. The van der Waals surface area contributed by atoms with Gasteiger partial charge in [-0.3, -0.25) is 4.72 Å². The maximum absolute atomic E-state index is 13.5. The molecule has 0 amide bonds. The quantitative estimate of drug-likeness (QED) is 0.939. The summed E-state index contributed by atoms with van der Waals surface area (Å²) in [5.41, 5.74) is -0.414. The second-order valence-electron chi connectivity index (χ2n) is 3.98. The summed E-state index contributed by atoms with van der Waals surface area (Å²) in [6, 6.07) is 7.59. The number of hydrogen-bond donors (Lipinski definition) is 1. The second-order valence-corrected chi connectivity index (χ2v) is 6.07. The molecule has 1 N–H and O–H groups in total. The molecule has 2 aromatic rings. The fourth-order valence-corrected chi connectivity index (χ4v) is 2.90. The topological polar surface area (TPSA) is 70.0 Å². The molecule has 0 aromatic heterocycles. The maximum atomic E-state index is 13.5. The van der Waals surface area contributed by atoms with Gasteiger partial charge in [0.25, 0.3) is 10.0 Å². The first kappa shape index (κ1) is 15.2. The van der Waals surface area contributed by atoms with Crippen LogP contribution in [0.2, 0.25) is 5.02 Å². The fourth-order valence-electron chi connectivity index (χ4n) is 1.53. The molecule has 8 heteroatoms. The van der Waals surface area contributed by atoms with E-state index in [1.807, 2.05) is 4.72 Å². The lowest BCUT2D eigenvalue weighted by Gasteiger charge is -2.09. The Morgan fingerprint density at radius 1 is 1.14 bits per heavy atom. The van der Waals surface area contributed by atoms with Crippen LogP contribution < -0.4 is 4.72 Å². The first-order chi connectivity index (χ1) is 9.83. The van der Waals surface area contributed by atoms with Crippen LogP contribution in [-0.2, 0) is 10.0 Å². The van der Waals surface area contributed by atoms with E-state index in [1.165, 1.54) is 6.07 Å². The van der Waals surface area contributed by atoms with Gasteiger partial charge in [-0.05, 0) is 30.3 Å². The molecule has 21 heavy (non-hydrogen) atoms. The summed E-state index contributed by atoms with van der Waals surface area (Å²) >= 11 is 5.75. The lowest BCUT2D eigenvalue weighted by Crippen LogP contribution is -2.14. The van der Waals surface area contributed by atoms with E-state index < -0.39 is 27.3 Å². The minimum Gasteiger partial charge on any atom is -0.277 e. The third-order valence-corrected chi connectivity index (χ3v) is 4.22. The lowest BCUT2D eigenvalue weighted by atomic mass is 10.2. The Labute approximate surface area is 124 Å². The Hall–Kier alpha value is -2.17. The molecule has 0 radical (unpaired) electrons. The number of anilines is 1. The van der Waals surface area contributed by atoms with Crippen LogP contribution in [0.4, 0.5) is 14.5 Å². The Bertz CT molecular complexity index is 848. The van der Waals surface area contributed by atoms with Crippen molar-refractivity contribution >= 4 is 27.3 Å². The van der Waals surface area contributed by atoms with Crippen molar-refractivity contribution in [2.45, 2.75) is 4.90 Å². The zero-order valence-electron chi connectivity index (χ0n) is 10.3. The van der Waals surface area contributed by atoms with Gasteiger partial charge in [0.15, 0.2) is 0 Å². The van der Waals surface area contributed by atoms with E-state index in [1.54, 1.807) is 6.07 Å². The summed E-state index contributed by atoms with van der Waals surface area (Å²) in [5, 5.41) is 8.67. The van der Waals surface area contributed by atoms with Crippen LogP contribution in [-0.4, -0.2) is 8.42 Å². The van der Waals surface area contributed by atoms with Crippen LogP contribution in [0.3, 0.4) is 0 Å².